The number of carbonyl (C=O) groups is 1. The lowest BCUT2D eigenvalue weighted by Gasteiger charge is -2.10. The summed E-state index contributed by atoms with van der Waals surface area (Å²) in [5.41, 5.74) is 6.63. The van der Waals surface area contributed by atoms with E-state index >= 15 is 0 Å². The van der Waals surface area contributed by atoms with Crippen molar-refractivity contribution >= 4 is 11.7 Å². The number of nitrogen functional groups attached to an aromatic ring is 1. The van der Waals surface area contributed by atoms with Gasteiger partial charge in [-0.25, -0.2) is 0 Å². The van der Waals surface area contributed by atoms with Gasteiger partial charge in [0.25, 0.3) is 0 Å². The van der Waals surface area contributed by atoms with Crippen molar-refractivity contribution in [1.82, 2.24) is 15.1 Å². The summed E-state index contributed by atoms with van der Waals surface area (Å²) in [7, 11) is 1.78. The molecule has 0 spiro atoms. The van der Waals surface area contributed by atoms with Crippen LogP contribution in [0.1, 0.15) is 32.3 Å². The SMILES string of the molecule is CCCC(C)C(=O)NCc1cnn(C)c1N. The Bertz CT molecular complexity index is 359. The van der Waals surface area contributed by atoms with Gasteiger partial charge in [-0.05, 0) is 6.42 Å². The topological polar surface area (TPSA) is 72.9 Å². The van der Waals surface area contributed by atoms with Crippen LogP contribution in [0.2, 0.25) is 0 Å². The highest BCUT2D eigenvalue weighted by molar-refractivity contribution is 5.78. The third-order valence-electron chi connectivity index (χ3n) is 2.69. The second kappa shape index (κ2) is 5.53. The molecule has 90 valence electrons. The Balaban J connectivity index is 2.46. The van der Waals surface area contributed by atoms with E-state index in [0.717, 1.165) is 18.4 Å². The van der Waals surface area contributed by atoms with Crippen LogP contribution in [0.15, 0.2) is 6.20 Å². The van der Waals surface area contributed by atoms with Gasteiger partial charge >= 0.3 is 0 Å². The number of hydrogen-bond donors (Lipinski definition) is 2. The average molecular weight is 224 g/mol. The molecule has 1 aromatic heterocycles. The Morgan fingerprint density at radius 1 is 1.69 bits per heavy atom. The van der Waals surface area contributed by atoms with E-state index in [1.807, 2.05) is 6.92 Å². The molecule has 1 amide bonds. The van der Waals surface area contributed by atoms with Crippen molar-refractivity contribution < 1.29 is 4.79 Å². The summed E-state index contributed by atoms with van der Waals surface area (Å²) in [6.45, 7) is 4.46. The first-order valence-corrected chi connectivity index (χ1v) is 5.60. The molecule has 0 aliphatic rings. The van der Waals surface area contributed by atoms with Crippen LogP contribution in [0.25, 0.3) is 0 Å². The zero-order chi connectivity index (χ0) is 12.1. The number of aryl methyl sites for hydroxylation is 1. The van der Waals surface area contributed by atoms with Crippen LogP contribution in [-0.2, 0) is 18.4 Å². The van der Waals surface area contributed by atoms with E-state index in [0.29, 0.717) is 12.4 Å². The molecule has 1 heterocycles. The van der Waals surface area contributed by atoms with Crippen LogP contribution in [-0.4, -0.2) is 15.7 Å². The standard InChI is InChI=1S/C11H20N4O/c1-4-5-8(2)11(16)13-6-9-7-14-15(3)10(9)12/h7-8H,4-6,12H2,1-3H3,(H,13,16). The molecule has 3 N–H and O–H groups in total. The third-order valence-corrected chi connectivity index (χ3v) is 2.69. The number of amides is 1. The number of aromatic nitrogens is 2. The minimum absolute atomic E-state index is 0.0582. The summed E-state index contributed by atoms with van der Waals surface area (Å²) in [6.07, 6.45) is 3.61. The van der Waals surface area contributed by atoms with Crippen molar-refractivity contribution in [2.45, 2.75) is 33.2 Å². The zero-order valence-corrected chi connectivity index (χ0v) is 10.2. The summed E-state index contributed by atoms with van der Waals surface area (Å²) >= 11 is 0. The van der Waals surface area contributed by atoms with Gasteiger partial charge in [0.2, 0.25) is 5.91 Å². The van der Waals surface area contributed by atoms with Gasteiger partial charge in [0, 0.05) is 25.1 Å². The lowest BCUT2D eigenvalue weighted by molar-refractivity contribution is -0.124. The van der Waals surface area contributed by atoms with E-state index in [-0.39, 0.29) is 11.8 Å². The first kappa shape index (κ1) is 12.5. The van der Waals surface area contributed by atoms with Crippen LogP contribution >= 0.6 is 0 Å². The number of hydrogen-bond acceptors (Lipinski definition) is 3. The molecule has 0 saturated carbocycles. The van der Waals surface area contributed by atoms with Gasteiger partial charge < -0.3 is 11.1 Å². The van der Waals surface area contributed by atoms with E-state index in [9.17, 15) is 4.79 Å². The van der Waals surface area contributed by atoms with Gasteiger partial charge in [0.15, 0.2) is 0 Å². The van der Waals surface area contributed by atoms with Crippen LogP contribution in [0.5, 0.6) is 0 Å². The van der Waals surface area contributed by atoms with E-state index in [1.165, 1.54) is 0 Å². The van der Waals surface area contributed by atoms with Crippen molar-refractivity contribution in [3.63, 3.8) is 0 Å². The number of nitrogens with zero attached hydrogens (tertiary/aromatic N) is 2. The number of nitrogens with one attached hydrogen (secondary N) is 1. The quantitative estimate of drug-likeness (QED) is 0.785. The summed E-state index contributed by atoms with van der Waals surface area (Å²) in [4.78, 5) is 11.6. The number of anilines is 1. The normalized spacial score (nSPS) is 12.4. The first-order valence-electron chi connectivity index (χ1n) is 5.60. The second-order valence-electron chi connectivity index (χ2n) is 4.09. The fourth-order valence-corrected chi connectivity index (χ4v) is 1.55. The Hall–Kier alpha value is -1.52. The zero-order valence-electron chi connectivity index (χ0n) is 10.2. The molecule has 0 saturated heterocycles. The smallest absolute Gasteiger partial charge is 0.223 e. The predicted octanol–water partition coefficient (Wildman–Crippen LogP) is 1.05. The van der Waals surface area contributed by atoms with Crippen LogP contribution < -0.4 is 11.1 Å². The monoisotopic (exact) mass is 224 g/mol. The number of nitrogens with two attached hydrogens (primary N) is 1. The van der Waals surface area contributed by atoms with Gasteiger partial charge in [0.05, 0.1) is 6.20 Å². The molecule has 0 radical (unpaired) electrons. The molecule has 1 unspecified atom stereocenters. The van der Waals surface area contributed by atoms with Crippen LogP contribution in [0.3, 0.4) is 0 Å². The predicted molar refractivity (Wildman–Crippen MR) is 63.5 cm³/mol. The molecule has 0 aromatic carbocycles. The highest BCUT2D eigenvalue weighted by atomic mass is 16.1. The van der Waals surface area contributed by atoms with Crippen molar-refractivity contribution in [3.8, 4) is 0 Å². The number of rotatable bonds is 5. The van der Waals surface area contributed by atoms with Gasteiger partial charge in [-0.2, -0.15) is 5.10 Å². The molecule has 0 aliphatic carbocycles. The average Bonchev–Trinajstić information content (AvgIpc) is 2.57. The lowest BCUT2D eigenvalue weighted by atomic mass is 10.1. The first-order chi connectivity index (χ1) is 7.56. The van der Waals surface area contributed by atoms with Gasteiger partial charge in [-0.1, -0.05) is 20.3 Å². The van der Waals surface area contributed by atoms with E-state index in [2.05, 4.69) is 17.3 Å². The Morgan fingerprint density at radius 3 is 2.88 bits per heavy atom. The molecular formula is C11H20N4O. The van der Waals surface area contributed by atoms with Crippen LogP contribution in [0.4, 0.5) is 5.82 Å². The molecular weight excluding hydrogens is 204 g/mol. The fourth-order valence-electron chi connectivity index (χ4n) is 1.55. The maximum absolute atomic E-state index is 11.6. The summed E-state index contributed by atoms with van der Waals surface area (Å²) in [5.74, 6) is 0.733. The molecule has 5 nitrogen and oxygen atoms in total. The third kappa shape index (κ3) is 2.98. The molecule has 0 fully saturated rings. The van der Waals surface area contributed by atoms with E-state index in [4.69, 9.17) is 5.73 Å². The van der Waals surface area contributed by atoms with Crippen LogP contribution in [0, 0.1) is 5.92 Å². The largest absolute Gasteiger partial charge is 0.384 e. The second-order valence-corrected chi connectivity index (χ2v) is 4.09. The molecule has 0 aliphatic heterocycles. The van der Waals surface area contributed by atoms with Gasteiger partial charge in [-0.15, -0.1) is 0 Å². The molecule has 1 atom stereocenters. The highest BCUT2D eigenvalue weighted by Crippen LogP contribution is 2.10. The van der Waals surface area contributed by atoms with Crippen molar-refractivity contribution in [1.29, 1.82) is 0 Å². The Kier molecular flexibility index (Phi) is 4.34. The minimum atomic E-state index is 0.0582. The minimum Gasteiger partial charge on any atom is -0.384 e. The summed E-state index contributed by atoms with van der Waals surface area (Å²) in [6, 6.07) is 0. The Morgan fingerprint density at radius 2 is 2.38 bits per heavy atom. The molecule has 1 aromatic rings. The summed E-state index contributed by atoms with van der Waals surface area (Å²) < 4.78 is 1.59. The molecule has 16 heavy (non-hydrogen) atoms. The van der Waals surface area contributed by atoms with Gasteiger partial charge in [0.1, 0.15) is 5.82 Å². The highest BCUT2D eigenvalue weighted by Gasteiger charge is 2.12. The lowest BCUT2D eigenvalue weighted by Crippen LogP contribution is -2.28. The number of carbonyl (C=O) groups excluding carboxylic acids is 1. The summed E-state index contributed by atoms with van der Waals surface area (Å²) in [5, 5.41) is 6.88. The van der Waals surface area contributed by atoms with E-state index in [1.54, 1.807) is 17.9 Å². The maximum Gasteiger partial charge on any atom is 0.223 e. The van der Waals surface area contributed by atoms with Crippen molar-refractivity contribution in [2.75, 3.05) is 5.73 Å². The molecule has 0 bridgehead atoms. The Labute approximate surface area is 96.0 Å². The molecule has 5 heteroatoms. The van der Waals surface area contributed by atoms with Crippen molar-refractivity contribution in [2.24, 2.45) is 13.0 Å². The van der Waals surface area contributed by atoms with E-state index < -0.39 is 0 Å². The molecule has 1 rings (SSSR count). The fraction of sp³-hybridized carbons (Fsp3) is 0.636. The van der Waals surface area contributed by atoms with Crippen molar-refractivity contribution in [3.05, 3.63) is 11.8 Å². The van der Waals surface area contributed by atoms with Gasteiger partial charge in [-0.3, -0.25) is 9.48 Å². The maximum atomic E-state index is 11.6.